The van der Waals surface area contributed by atoms with Crippen molar-refractivity contribution in [3.05, 3.63) is 35.6 Å². The van der Waals surface area contributed by atoms with E-state index in [4.69, 9.17) is 4.74 Å². The standard InChI is InChI=1S/C14H17FO4/c1-10(16)19-13(4-3-5-14(17)18-2)11-6-8-12(15)9-7-11/h6-9,13H,3-5H2,1-2H3/t13-/m1/s1. The number of halogens is 1. The van der Waals surface area contributed by atoms with Crippen LogP contribution in [0.3, 0.4) is 0 Å². The third-order valence-electron chi connectivity index (χ3n) is 2.62. The molecule has 1 aromatic rings. The van der Waals surface area contributed by atoms with Crippen molar-refractivity contribution in [3.8, 4) is 0 Å². The Bertz CT molecular complexity index is 428. The van der Waals surface area contributed by atoms with Crippen LogP contribution >= 0.6 is 0 Å². The molecule has 0 aromatic heterocycles. The van der Waals surface area contributed by atoms with E-state index in [0.29, 0.717) is 18.4 Å². The van der Waals surface area contributed by atoms with Crippen LogP contribution in [0.1, 0.15) is 37.9 Å². The Kier molecular flexibility index (Phi) is 5.99. The van der Waals surface area contributed by atoms with E-state index in [1.165, 1.54) is 26.2 Å². The van der Waals surface area contributed by atoms with Gasteiger partial charge in [0, 0.05) is 13.3 Å². The van der Waals surface area contributed by atoms with Crippen molar-refractivity contribution in [1.82, 2.24) is 0 Å². The normalized spacial score (nSPS) is 11.7. The molecular formula is C14H17FO4. The Morgan fingerprint density at radius 2 is 1.89 bits per heavy atom. The number of methoxy groups -OCH3 is 1. The number of carbonyl (C=O) groups is 2. The van der Waals surface area contributed by atoms with Crippen molar-refractivity contribution in [2.24, 2.45) is 0 Å². The Balaban J connectivity index is 2.63. The van der Waals surface area contributed by atoms with E-state index in [2.05, 4.69) is 4.74 Å². The molecule has 0 aliphatic carbocycles. The molecule has 19 heavy (non-hydrogen) atoms. The highest BCUT2D eigenvalue weighted by atomic mass is 19.1. The third kappa shape index (κ3) is 5.50. The lowest BCUT2D eigenvalue weighted by atomic mass is 10.0. The van der Waals surface area contributed by atoms with Crippen LogP contribution in [0.15, 0.2) is 24.3 Å². The van der Waals surface area contributed by atoms with Crippen LogP contribution in [0, 0.1) is 5.82 Å². The molecule has 4 nitrogen and oxygen atoms in total. The van der Waals surface area contributed by atoms with Crippen LogP contribution in [0.25, 0.3) is 0 Å². The van der Waals surface area contributed by atoms with Gasteiger partial charge in [-0.1, -0.05) is 12.1 Å². The molecule has 0 amide bonds. The van der Waals surface area contributed by atoms with E-state index >= 15 is 0 Å². The second-order valence-corrected chi connectivity index (χ2v) is 4.12. The fraction of sp³-hybridized carbons (Fsp3) is 0.429. The van der Waals surface area contributed by atoms with Gasteiger partial charge in [0.25, 0.3) is 0 Å². The molecule has 0 N–H and O–H groups in total. The Hall–Kier alpha value is -1.91. The summed E-state index contributed by atoms with van der Waals surface area (Å²) in [7, 11) is 1.33. The quantitative estimate of drug-likeness (QED) is 0.744. The first-order valence-electron chi connectivity index (χ1n) is 6.02. The highest BCUT2D eigenvalue weighted by Gasteiger charge is 2.15. The minimum Gasteiger partial charge on any atom is -0.469 e. The topological polar surface area (TPSA) is 52.6 Å². The van der Waals surface area contributed by atoms with E-state index in [0.717, 1.165) is 0 Å². The summed E-state index contributed by atoms with van der Waals surface area (Å²) < 4.78 is 22.6. The number of carbonyl (C=O) groups excluding carboxylic acids is 2. The van der Waals surface area contributed by atoms with E-state index in [-0.39, 0.29) is 18.2 Å². The average Bonchev–Trinajstić information content (AvgIpc) is 2.37. The molecule has 0 unspecified atom stereocenters. The first-order chi connectivity index (χ1) is 9.02. The third-order valence-corrected chi connectivity index (χ3v) is 2.62. The van der Waals surface area contributed by atoms with Crippen LogP contribution in [-0.4, -0.2) is 19.0 Å². The number of benzene rings is 1. The van der Waals surface area contributed by atoms with Crippen molar-refractivity contribution in [3.63, 3.8) is 0 Å². The summed E-state index contributed by atoms with van der Waals surface area (Å²) in [5.41, 5.74) is 0.710. The number of hydrogen-bond donors (Lipinski definition) is 0. The van der Waals surface area contributed by atoms with E-state index in [1.807, 2.05) is 0 Å². The van der Waals surface area contributed by atoms with Crippen LogP contribution in [0.5, 0.6) is 0 Å². The molecule has 0 spiro atoms. The minimum atomic E-state index is -0.470. The Labute approximate surface area is 111 Å². The molecule has 0 aliphatic rings. The molecular weight excluding hydrogens is 251 g/mol. The second kappa shape index (κ2) is 7.51. The van der Waals surface area contributed by atoms with Gasteiger partial charge in [-0.3, -0.25) is 9.59 Å². The lowest BCUT2D eigenvalue weighted by Crippen LogP contribution is -2.10. The van der Waals surface area contributed by atoms with Gasteiger partial charge in [0.1, 0.15) is 11.9 Å². The predicted octanol–water partition coefficient (Wildman–Crippen LogP) is 2.77. The Morgan fingerprint density at radius 3 is 2.42 bits per heavy atom. The smallest absolute Gasteiger partial charge is 0.305 e. The monoisotopic (exact) mass is 268 g/mol. The summed E-state index contributed by atoms with van der Waals surface area (Å²) in [6, 6.07) is 5.76. The molecule has 0 saturated carbocycles. The van der Waals surface area contributed by atoms with Crippen molar-refractivity contribution in [1.29, 1.82) is 0 Å². The van der Waals surface area contributed by atoms with E-state index in [1.54, 1.807) is 12.1 Å². The summed E-state index contributed by atoms with van der Waals surface area (Å²) in [5.74, 6) is -1.06. The molecule has 0 radical (unpaired) electrons. The maximum atomic E-state index is 12.8. The fourth-order valence-corrected chi connectivity index (χ4v) is 1.71. The number of ether oxygens (including phenoxy) is 2. The highest BCUT2D eigenvalue weighted by Crippen LogP contribution is 2.24. The molecule has 1 atom stereocenters. The van der Waals surface area contributed by atoms with Gasteiger partial charge in [0.15, 0.2) is 0 Å². The van der Waals surface area contributed by atoms with Gasteiger partial charge in [-0.15, -0.1) is 0 Å². The minimum absolute atomic E-state index is 0.259. The number of esters is 2. The summed E-state index contributed by atoms with van der Waals surface area (Å²) in [4.78, 5) is 22.1. The van der Waals surface area contributed by atoms with Gasteiger partial charge in [-0.2, -0.15) is 0 Å². The van der Waals surface area contributed by atoms with Crippen LogP contribution in [-0.2, 0) is 19.1 Å². The molecule has 5 heteroatoms. The van der Waals surface area contributed by atoms with Crippen molar-refractivity contribution < 1.29 is 23.5 Å². The van der Waals surface area contributed by atoms with Gasteiger partial charge in [0.2, 0.25) is 0 Å². The largest absolute Gasteiger partial charge is 0.469 e. The zero-order chi connectivity index (χ0) is 14.3. The summed E-state index contributed by atoms with van der Waals surface area (Å²) in [5, 5.41) is 0. The molecule has 0 aliphatic heterocycles. The molecule has 1 aromatic carbocycles. The van der Waals surface area contributed by atoms with E-state index in [9.17, 15) is 14.0 Å². The van der Waals surface area contributed by atoms with Crippen molar-refractivity contribution in [2.45, 2.75) is 32.3 Å². The van der Waals surface area contributed by atoms with Gasteiger partial charge in [-0.25, -0.2) is 4.39 Å². The molecule has 104 valence electrons. The van der Waals surface area contributed by atoms with E-state index < -0.39 is 12.1 Å². The fourth-order valence-electron chi connectivity index (χ4n) is 1.71. The zero-order valence-electron chi connectivity index (χ0n) is 11.0. The maximum Gasteiger partial charge on any atom is 0.305 e. The average molecular weight is 268 g/mol. The lowest BCUT2D eigenvalue weighted by molar-refractivity contribution is -0.147. The zero-order valence-corrected chi connectivity index (χ0v) is 11.0. The van der Waals surface area contributed by atoms with Crippen molar-refractivity contribution >= 4 is 11.9 Å². The summed E-state index contributed by atoms with van der Waals surface area (Å²) in [6.45, 7) is 1.32. The van der Waals surface area contributed by atoms with Crippen LogP contribution in [0.2, 0.25) is 0 Å². The molecule has 1 rings (SSSR count). The van der Waals surface area contributed by atoms with Crippen LogP contribution in [0.4, 0.5) is 4.39 Å². The lowest BCUT2D eigenvalue weighted by Gasteiger charge is -2.17. The highest BCUT2D eigenvalue weighted by molar-refractivity contribution is 5.69. The summed E-state index contributed by atoms with van der Waals surface area (Å²) in [6.07, 6.45) is 0.806. The van der Waals surface area contributed by atoms with Crippen LogP contribution < -0.4 is 0 Å². The SMILES string of the molecule is COC(=O)CCC[C@@H](OC(C)=O)c1ccc(F)cc1. The molecule has 0 saturated heterocycles. The number of rotatable bonds is 6. The maximum absolute atomic E-state index is 12.8. The second-order valence-electron chi connectivity index (χ2n) is 4.12. The first kappa shape index (κ1) is 15.1. The Morgan fingerprint density at radius 1 is 1.26 bits per heavy atom. The van der Waals surface area contributed by atoms with Gasteiger partial charge in [-0.05, 0) is 30.5 Å². The molecule has 0 heterocycles. The van der Waals surface area contributed by atoms with Crippen molar-refractivity contribution in [2.75, 3.05) is 7.11 Å². The predicted molar refractivity (Wildman–Crippen MR) is 66.8 cm³/mol. The number of hydrogen-bond acceptors (Lipinski definition) is 4. The molecule has 0 bridgehead atoms. The molecule has 0 fully saturated rings. The summed E-state index contributed by atoms with van der Waals surface area (Å²) >= 11 is 0. The van der Waals surface area contributed by atoms with Gasteiger partial charge < -0.3 is 9.47 Å². The van der Waals surface area contributed by atoms with Gasteiger partial charge in [0.05, 0.1) is 7.11 Å². The van der Waals surface area contributed by atoms with Gasteiger partial charge >= 0.3 is 11.9 Å². The first-order valence-corrected chi connectivity index (χ1v) is 6.02.